The standard InChI is InChI=1S/2C14H17.CH3.2ClH.H2Si.Zr/c2*1-10(2)6-12-4-5-13-7-11(3)8-14(13)9-12;;;;;/h2*4-5,7-10H,6H2,1-3H3;1H3;2*1H;1H2;. The Hall–Kier alpha value is -0.400. The average Bonchev–Trinajstić information content (AvgIpc) is 3.15. The number of halogens is 2. The fraction of sp³-hybridized carbons (Fsp3) is 0.448. The maximum absolute atomic E-state index is 2.71. The van der Waals surface area contributed by atoms with Crippen LogP contribution in [0.15, 0.2) is 47.5 Å². The molecule has 2 aliphatic rings. The Balaban J connectivity index is 0.00000193. The van der Waals surface area contributed by atoms with Crippen LogP contribution in [0.1, 0.15) is 82.2 Å². The van der Waals surface area contributed by atoms with Crippen LogP contribution in [-0.4, -0.2) is 6.88 Å². The van der Waals surface area contributed by atoms with Crippen molar-refractivity contribution in [2.75, 3.05) is 0 Å². The molecular formula is C29H41Cl2SiZr. The Morgan fingerprint density at radius 1 is 0.727 bits per heavy atom. The van der Waals surface area contributed by atoms with Crippen LogP contribution in [0.25, 0.3) is 12.2 Å². The number of hydrogen-bond acceptors (Lipinski definition) is 0. The summed E-state index contributed by atoms with van der Waals surface area (Å²) in [6, 6.07) is 14.7. The van der Waals surface area contributed by atoms with Crippen LogP contribution < -0.4 is 0 Å². The fourth-order valence-corrected chi connectivity index (χ4v) is 23.8. The Morgan fingerprint density at radius 2 is 1.09 bits per heavy atom. The molecule has 4 heteroatoms. The van der Waals surface area contributed by atoms with Crippen molar-refractivity contribution in [2.45, 2.75) is 66.3 Å². The van der Waals surface area contributed by atoms with E-state index in [-0.39, 0.29) is 24.8 Å². The Kier molecular flexibility index (Phi) is 9.71. The molecule has 33 heavy (non-hydrogen) atoms. The first-order valence-corrected chi connectivity index (χ1v) is 23.3. The molecule has 0 radical (unpaired) electrons. The van der Waals surface area contributed by atoms with Gasteiger partial charge in [-0.2, -0.15) is 0 Å². The smallest absolute Gasteiger partial charge is 0.147 e. The van der Waals surface area contributed by atoms with Gasteiger partial charge in [0.1, 0.15) is 0 Å². The minimum Gasteiger partial charge on any atom is -0.147 e. The zero-order valence-corrected chi connectivity index (χ0v) is 26.9. The Morgan fingerprint density at radius 3 is 1.42 bits per heavy atom. The van der Waals surface area contributed by atoms with Gasteiger partial charge in [0.15, 0.2) is 0 Å². The molecule has 0 amide bonds. The molecule has 0 aromatic heterocycles. The molecule has 0 bridgehead atoms. The average molecular weight is 580 g/mol. The van der Waals surface area contributed by atoms with Crippen LogP contribution in [-0.2, 0) is 31.7 Å². The number of allylic oxidation sites excluding steroid dienone is 2. The molecule has 0 fully saturated rings. The van der Waals surface area contributed by atoms with Crippen molar-refractivity contribution in [3.8, 4) is 0 Å². The van der Waals surface area contributed by atoms with E-state index in [0.717, 1.165) is 0 Å². The monoisotopic (exact) mass is 577 g/mol. The third kappa shape index (κ3) is 5.72. The minimum atomic E-state index is -2.61. The van der Waals surface area contributed by atoms with Gasteiger partial charge < -0.3 is 0 Å². The van der Waals surface area contributed by atoms with Crippen LogP contribution in [0.5, 0.6) is 0 Å². The molecule has 2 aromatic rings. The van der Waals surface area contributed by atoms with Gasteiger partial charge in [-0.25, -0.2) is 0 Å². The van der Waals surface area contributed by atoms with E-state index < -0.39 is 18.9 Å². The van der Waals surface area contributed by atoms with Gasteiger partial charge in [0.25, 0.3) is 0 Å². The molecule has 0 aliphatic heterocycles. The molecule has 0 heterocycles. The van der Waals surface area contributed by atoms with Gasteiger partial charge in [-0.1, -0.05) is 0 Å². The zero-order chi connectivity index (χ0) is 22.5. The number of fused-ring (bicyclic) bond motifs is 2. The van der Waals surface area contributed by atoms with Crippen LogP contribution in [0.4, 0.5) is 0 Å². The molecule has 2 aromatic carbocycles. The van der Waals surface area contributed by atoms with Gasteiger partial charge in [-0.15, -0.1) is 24.8 Å². The van der Waals surface area contributed by atoms with Crippen LogP contribution in [0.2, 0.25) is 4.63 Å². The molecule has 0 nitrogen and oxygen atoms in total. The second kappa shape index (κ2) is 11.1. The van der Waals surface area contributed by atoms with E-state index in [1.54, 1.807) is 22.3 Å². The third-order valence-electron chi connectivity index (χ3n) is 7.21. The molecule has 2 atom stereocenters. The molecular weight excluding hydrogens is 539 g/mol. The molecule has 179 valence electrons. The first-order chi connectivity index (χ1) is 14.6. The summed E-state index contributed by atoms with van der Waals surface area (Å²) in [5, 5.41) is 0. The van der Waals surface area contributed by atoms with E-state index >= 15 is 0 Å². The van der Waals surface area contributed by atoms with Crippen LogP contribution >= 0.6 is 24.8 Å². The number of benzene rings is 2. The molecule has 0 spiro atoms. The second-order valence-electron chi connectivity index (χ2n) is 11.3. The maximum atomic E-state index is 2.71. The van der Waals surface area contributed by atoms with Crippen molar-refractivity contribution in [1.82, 2.24) is 0 Å². The van der Waals surface area contributed by atoms with Crippen molar-refractivity contribution in [3.63, 3.8) is 0 Å². The topological polar surface area (TPSA) is 0 Å². The third-order valence-corrected chi connectivity index (χ3v) is 22.3. The summed E-state index contributed by atoms with van der Waals surface area (Å²) in [7, 11) is 0. The first kappa shape index (κ1) is 28.8. The van der Waals surface area contributed by atoms with E-state index in [4.69, 9.17) is 0 Å². The number of rotatable bonds is 6. The summed E-state index contributed by atoms with van der Waals surface area (Å²) in [6.45, 7) is 16.5. The number of hydrogen-bond donors (Lipinski definition) is 0. The Labute approximate surface area is 220 Å². The van der Waals surface area contributed by atoms with Crippen molar-refractivity contribution < 1.29 is 18.9 Å². The summed E-state index contributed by atoms with van der Waals surface area (Å²) >= 11 is -2.61. The van der Waals surface area contributed by atoms with Crippen molar-refractivity contribution >= 4 is 43.8 Å². The van der Waals surface area contributed by atoms with Gasteiger partial charge in [0, 0.05) is 0 Å². The molecule has 2 aliphatic carbocycles. The van der Waals surface area contributed by atoms with Gasteiger partial charge in [-0.3, -0.25) is 0 Å². The zero-order valence-electron chi connectivity index (χ0n) is 21.4. The van der Waals surface area contributed by atoms with E-state index in [1.165, 1.54) is 35.1 Å². The summed E-state index contributed by atoms with van der Waals surface area (Å²) < 4.78 is 4.08. The van der Waals surface area contributed by atoms with Crippen molar-refractivity contribution in [3.05, 3.63) is 80.9 Å². The van der Waals surface area contributed by atoms with E-state index in [0.29, 0.717) is 19.1 Å². The van der Waals surface area contributed by atoms with Crippen LogP contribution in [0.3, 0.4) is 0 Å². The molecule has 0 saturated carbocycles. The summed E-state index contributed by atoms with van der Waals surface area (Å²) in [5.74, 6) is 1.42. The van der Waals surface area contributed by atoms with E-state index in [1.807, 2.05) is 0 Å². The predicted molar refractivity (Wildman–Crippen MR) is 152 cm³/mol. The predicted octanol–water partition coefficient (Wildman–Crippen LogP) is 8.29. The summed E-state index contributed by atoms with van der Waals surface area (Å²) in [4.78, 5) is 0. The fourth-order valence-electron chi connectivity index (χ4n) is 6.29. The molecule has 0 saturated heterocycles. The minimum absolute atomic E-state index is 0. The largest absolute Gasteiger partial charge is 0.147 e. The first-order valence-electron chi connectivity index (χ1n) is 12.0. The van der Waals surface area contributed by atoms with Gasteiger partial charge in [0.05, 0.1) is 0 Å². The van der Waals surface area contributed by atoms with Crippen molar-refractivity contribution in [1.29, 1.82) is 0 Å². The van der Waals surface area contributed by atoms with Gasteiger partial charge in [-0.05, 0) is 0 Å². The molecule has 4 rings (SSSR count). The molecule has 0 N–H and O–H groups in total. The summed E-state index contributed by atoms with van der Waals surface area (Å²) in [6.07, 6.45) is 7.37. The van der Waals surface area contributed by atoms with E-state index in [2.05, 4.69) is 102 Å². The maximum Gasteiger partial charge on any atom is -0.147 e. The van der Waals surface area contributed by atoms with Crippen molar-refractivity contribution in [2.24, 2.45) is 11.8 Å². The SMILES string of the molecule is CC1=Cc2cc(CC(C)C)ccc2[CH]1[Zr]([CH3])(=[SiH2])[CH]1C(C)=Cc2cc(CC(C)C)ccc21.Cl.Cl. The van der Waals surface area contributed by atoms with Gasteiger partial charge >= 0.3 is 197 Å². The summed E-state index contributed by atoms with van der Waals surface area (Å²) in [5.41, 5.74) is 12.5. The second-order valence-corrected chi connectivity index (χ2v) is 30.5. The Bertz CT molecular complexity index is 1040. The van der Waals surface area contributed by atoms with Gasteiger partial charge in [0.2, 0.25) is 0 Å². The van der Waals surface area contributed by atoms with E-state index in [9.17, 15) is 0 Å². The van der Waals surface area contributed by atoms with Crippen LogP contribution in [0, 0.1) is 11.8 Å². The molecule has 2 unspecified atom stereocenters. The normalized spacial score (nSPS) is 20.4. The quantitative estimate of drug-likeness (QED) is 0.302.